The number of hydrogen-bond acceptors (Lipinski definition) is 6. The van der Waals surface area contributed by atoms with Crippen molar-refractivity contribution in [1.82, 2.24) is 4.90 Å². The van der Waals surface area contributed by atoms with Gasteiger partial charge < -0.3 is 14.4 Å². The summed E-state index contributed by atoms with van der Waals surface area (Å²) in [5.41, 5.74) is -0.0242. The number of nitro groups is 1. The van der Waals surface area contributed by atoms with E-state index in [1.165, 1.54) is 42.5 Å². The first-order valence-electron chi connectivity index (χ1n) is 9.53. The van der Waals surface area contributed by atoms with Crippen LogP contribution in [0.4, 0.5) is 5.69 Å². The summed E-state index contributed by atoms with van der Waals surface area (Å²) < 4.78 is 10.7. The van der Waals surface area contributed by atoms with Gasteiger partial charge in [-0.3, -0.25) is 14.9 Å². The summed E-state index contributed by atoms with van der Waals surface area (Å²) in [4.78, 5) is 36.8. The number of rotatable bonds is 6. The van der Waals surface area contributed by atoms with E-state index in [9.17, 15) is 19.7 Å². The second-order valence-electron chi connectivity index (χ2n) is 7.00. The summed E-state index contributed by atoms with van der Waals surface area (Å²) in [6.07, 6.45) is 3.00. The van der Waals surface area contributed by atoms with Crippen molar-refractivity contribution < 1.29 is 24.0 Å². The third-order valence-electron chi connectivity index (χ3n) is 4.89. The van der Waals surface area contributed by atoms with Crippen LogP contribution in [0.25, 0.3) is 0 Å². The van der Waals surface area contributed by atoms with E-state index < -0.39 is 10.9 Å². The van der Waals surface area contributed by atoms with Gasteiger partial charge in [-0.25, -0.2) is 4.79 Å². The van der Waals surface area contributed by atoms with Crippen LogP contribution in [0.1, 0.15) is 36.5 Å². The number of likely N-dealkylation sites (tertiary alicyclic amines) is 1. The van der Waals surface area contributed by atoms with E-state index in [2.05, 4.69) is 0 Å². The van der Waals surface area contributed by atoms with Gasteiger partial charge in [0.05, 0.1) is 10.5 Å². The number of carbonyl (C=O) groups excluding carboxylic acids is 2. The first-order chi connectivity index (χ1) is 14.3. The Hall–Kier alpha value is -3.13. The van der Waals surface area contributed by atoms with Crippen molar-refractivity contribution in [2.45, 2.75) is 32.2 Å². The van der Waals surface area contributed by atoms with Crippen LogP contribution < -0.4 is 4.74 Å². The van der Waals surface area contributed by atoms with Crippen molar-refractivity contribution in [3.05, 3.63) is 63.2 Å². The fourth-order valence-corrected chi connectivity index (χ4v) is 3.43. The van der Waals surface area contributed by atoms with Gasteiger partial charge >= 0.3 is 11.7 Å². The van der Waals surface area contributed by atoms with E-state index in [1.807, 2.05) is 6.92 Å². The molecule has 1 atom stereocenters. The van der Waals surface area contributed by atoms with E-state index in [0.717, 1.165) is 19.3 Å². The van der Waals surface area contributed by atoms with Crippen LogP contribution in [0.5, 0.6) is 11.5 Å². The first kappa shape index (κ1) is 21.6. The van der Waals surface area contributed by atoms with Crippen LogP contribution in [0, 0.1) is 10.1 Å². The molecular weight excluding hydrogens is 412 g/mol. The molecular formula is C21H21ClN2O6. The lowest BCUT2D eigenvalue weighted by Gasteiger charge is -2.33. The van der Waals surface area contributed by atoms with E-state index in [-0.39, 0.29) is 40.6 Å². The Bertz CT molecular complexity index is 947. The first-order valence-corrected chi connectivity index (χ1v) is 9.91. The summed E-state index contributed by atoms with van der Waals surface area (Å²) in [6, 6.07) is 10.1. The minimum atomic E-state index is -0.628. The molecule has 0 N–H and O–H groups in total. The third-order valence-corrected chi connectivity index (χ3v) is 5.12. The Balaban J connectivity index is 1.59. The topological polar surface area (TPSA) is 99.0 Å². The van der Waals surface area contributed by atoms with Gasteiger partial charge in [0.15, 0.2) is 6.61 Å². The molecule has 1 saturated heterocycles. The van der Waals surface area contributed by atoms with Crippen molar-refractivity contribution in [3.8, 4) is 11.5 Å². The lowest BCUT2D eigenvalue weighted by molar-refractivity contribution is -0.385. The van der Waals surface area contributed by atoms with Gasteiger partial charge in [0.25, 0.3) is 5.91 Å². The highest BCUT2D eigenvalue weighted by Crippen LogP contribution is 2.33. The summed E-state index contributed by atoms with van der Waals surface area (Å²) in [7, 11) is 0. The largest absolute Gasteiger partial charge is 0.452 e. The molecule has 30 heavy (non-hydrogen) atoms. The molecule has 1 fully saturated rings. The average Bonchev–Trinajstić information content (AvgIpc) is 2.73. The summed E-state index contributed by atoms with van der Waals surface area (Å²) in [6.45, 7) is 2.36. The molecule has 0 spiro atoms. The molecule has 3 rings (SSSR count). The molecule has 0 aromatic heterocycles. The lowest BCUT2D eigenvalue weighted by Crippen LogP contribution is -2.44. The number of nitro benzene ring substituents is 1. The van der Waals surface area contributed by atoms with Crippen LogP contribution in [-0.4, -0.2) is 40.9 Å². The Morgan fingerprint density at radius 3 is 2.60 bits per heavy atom. The molecule has 9 heteroatoms. The minimum Gasteiger partial charge on any atom is -0.452 e. The van der Waals surface area contributed by atoms with Gasteiger partial charge in [0.1, 0.15) is 5.75 Å². The van der Waals surface area contributed by atoms with Crippen LogP contribution in [0.2, 0.25) is 5.02 Å². The third kappa shape index (κ3) is 5.27. The van der Waals surface area contributed by atoms with E-state index in [0.29, 0.717) is 12.3 Å². The molecule has 0 bridgehead atoms. The average molecular weight is 433 g/mol. The molecule has 8 nitrogen and oxygen atoms in total. The Kier molecular flexibility index (Phi) is 6.89. The zero-order chi connectivity index (χ0) is 21.7. The van der Waals surface area contributed by atoms with Crippen LogP contribution >= 0.6 is 11.6 Å². The Morgan fingerprint density at radius 2 is 1.93 bits per heavy atom. The monoisotopic (exact) mass is 432 g/mol. The van der Waals surface area contributed by atoms with Crippen LogP contribution in [0.3, 0.4) is 0 Å². The zero-order valence-electron chi connectivity index (χ0n) is 16.4. The lowest BCUT2D eigenvalue weighted by atomic mass is 10.0. The van der Waals surface area contributed by atoms with Gasteiger partial charge in [0.2, 0.25) is 5.75 Å². The number of carbonyl (C=O) groups is 2. The predicted molar refractivity (Wildman–Crippen MR) is 110 cm³/mol. The number of benzene rings is 2. The highest BCUT2D eigenvalue weighted by atomic mass is 35.5. The van der Waals surface area contributed by atoms with Crippen LogP contribution in [-0.2, 0) is 9.53 Å². The van der Waals surface area contributed by atoms with Gasteiger partial charge in [-0.2, -0.15) is 0 Å². The number of piperidine rings is 1. The number of nitrogens with zero attached hydrogens (tertiary/aromatic N) is 2. The molecule has 0 aliphatic carbocycles. The summed E-state index contributed by atoms with van der Waals surface area (Å²) in [5.74, 6) is -0.501. The maximum Gasteiger partial charge on any atom is 0.338 e. The highest BCUT2D eigenvalue weighted by Gasteiger charge is 2.24. The molecule has 2 aromatic rings. The van der Waals surface area contributed by atoms with Gasteiger partial charge in [0, 0.05) is 23.7 Å². The fourth-order valence-electron chi connectivity index (χ4n) is 3.27. The Labute approximate surface area is 178 Å². The molecule has 1 aliphatic rings. The number of esters is 1. The molecule has 158 valence electrons. The quantitative estimate of drug-likeness (QED) is 0.376. The molecule has 1 amide bonds. The maximum atomic E-state index is 12.3. The molecule has 0 saturated carbocycles. The number of hydrogen-bond donors (Lipinski definition) is 0. The van der Waals surface area contributed by atoms with Gasteiger partial charge in [-0.05, 0) is 62.6 Å². The fraction of sp³-hybridized carbons (Fsp3) is 0.333. The Morgan fingerprint density at radius 1 is 1.20 bits per heavy atom. The summed E-state index contributed by atoms with van der Waals surface area (Å²) >= 11 is 5.79. The smallest absolute Gasteiger partial charge is 0.338 e. The van der Waals surface area contributed by atoms with Crippen molar-refractivity contribution in [1.29, 1.82) is 0 Å². The number of ether oxygens (including phenoxy) is 2. The predicted octanol–water partition coefficient (Wildman–Crippen LogP) is 4.60. The SMILES string of the molecule is CC1CCCCN1C(=O)COC(=O)c1ccc(Oc2ccc(Cl)cc2[N+](=O)[O-])cc1. The zero-order valence-corrected chi connectivity index (χ0v) is 17.1. The standard InChI is InChI=1S/C21H21ClN2O6/c1-14-4-2-3-11-23(14)20(25)13-29-21(26)15-5-8-17(9-6-15)30-19-10-7-16(22)12-18(19)24(27)28/h5-10,12,14H,2-4,11,13H2,1H3. The van der Waals surface area contributed by atoms with E-state index in [4.69, 9.17) is 21.1 Å². The molecule has 0 radical (unpaired) electrons. The minimum absolute atomic E-state index is 0.0287. The van der Waals surface area contributed by atoms with Gasteiger partial charge in [-0.15, -0.1) is 0 Å². The second kappa shape index (κ2) is 9.58. The molecule has 1 unspecified atom stereocenters. The normalized spacial score (nSPS) is 16.1. The maximum absolute atomic E-state index is 12.3. The number of amides is 1. The van der Waals surface area contributed by atoms with Crippen molar-refractivity contribution in [2.24, 2.45) is 0 Å². The molecule has 2 aromatic carbocycles. The molecule has 1 heterocycles. The van der Waals surface area contributed by atoms with E-state index in [1.54, 1.807) is 4.90 Å². The molecule has 1 aliphatic heterocycles. The van der Waals surface area contributed by atoms with Crippen LogP contribution in [0.15, 0.2) is 42.5 Å². The van der Waals surface area contributed by atoms with Crippen molar-refractivity contribution in [2.75, 3.05) is 13.2 Å². The highest BCUT2D eigenvalue weighted by molar-refractivity contribution is 6.30. The van der Waals surface area contributed by atoms with E-state index >= 15 is 0 Å². The van der Waals surface area contributed by atoms with Gasteiger partial charge in [-0.1, -0.05) is 11.6 Å². The second-order valence-corrected chi connectivity index (χ2v) is 7.44. The summed E-state index contributed by atoms with van der Waals surface area (Å²) in [5, 5.41) is 11.4. The van der Waals surface area contributed by atoms with Crippen molar-refractivity contribution in [3.63, 3.8) is 0 Å². The van der Waals surface area contributed by atoms with Crippen molar-refractivity contribution >= 4 is 29.2 Å². The number of halogens is 1.